The highest BCUT2D eigenvalue weighted by molar-refractivity contribution is 7.49. The molecular formula is C11H11ClN2O3P+. The zero-order chi connectivity index (χ0) is 13.4. The SMILES string of the molecule is CO[P+](=O)c1c(C(N)=O)[nH]c2ccc(Cl)c(C)c12. The van der Waals surface area contributed by atoms with Gasteiger partial charge in [0.15, 0.2) is 5.69 Å². The minimum absolute atomic E-state index is 0.0957. The number of nitrogens with two attached hydrogens (primary N) is 1. The van der Waals surface area contributed by atoms with Gasteiger partial charge in [0.2, 0.25) is 0 Å². The van der Waals surface area contributed by atoms with E-state index in [4.69, 9.17) is 21.9 Å². The first-order valence-electron chi connectivity index (χ1n) is 5.09. The van der Waals surface area contributed by atoms with Gasteiger partial charge in [-0.05, 0) is 29.2 Å². The zero-order valence-electron chi connectivity index (χ0n) is 9.78. The fourth-order valence-corrected chi connectivity index (χ4v) is 3.03. The molecule has 0 aliphatic rings. The van der Waals surface area contributed by atoms with Crippen LogP contribution < -0.4 is 11.0 Å². The minimum atomic E-state index is -2.16. The van der Waals surface area contributed by atoms with E-state index in [1.54, 1.807) is 19.1 Å². The highest BCUT2D eigenvalue weighted by Gasteiger charge is 2.34. The molecule has 1 atom stereocenters. The molecule has 2 rings (SSSR count). The van der Waals surface area contributed by atoms with Crippen molar-refractivity contribution < 1.29 is 13.9 Å². The summed E-state index contributed by atoms with van der Waals surface area (Å²) in [5, 5.41) is 1.42. The standard InChI is InChI=1S/C11H10ClN2O3P/c1-5-6(12)3-4-7-8(5)10(18(16)17-2)9(14-7)11(13)15/h3-4H,1-2H3,(H2-,13,14,15,16)/p+1. The average molecular weight is 286 g/mol. The van der Waals surface area contributed by atoms with Crippen molar-refractivity contribution in [2.45, 2.75) is 6.92 Å². The van der Waals surface area contributed by atoms with Crippen LogP contribution in [0.5, 0.6) is 0 Å². The molecule has 0 aliphatic carbocycles. The lowest BCUT2D eigenvalue weighted by Crippen LogP contribution is -2.19. The number of fused-ring (bicyclic) bond motifs is 1. The molecule has 0 fully saturated rings. The molecule has 0 aliphatic heterocycles. The number of carbonyl (C=O) groups excluding carboxylic acids is 1. The quantitative estimate of drug-likeness (QED) is 0.848. The lowest BCUT2D eigenvalue weighted by Gasteiger charge is -1.97. The second-order valence-electron chi connectivity index (χ2n) is 3.75. The summed E-state index contributed by atoms with van der Waals surface area (Å²) in [4.78, 5) is 14.2. The Morgan fingerprint density at radius 2 is 2.17 bits per heavy atom. The highest BCUT2D eigenvalue weighted by Crippen LogP contribution is 2.32. The third-order valence-corrected chi connectivity index (χ3v) is 4.28. The molecule has 1 aromatic heterocycles. The molecule has 0 spiro atoms. The largest absolute Gasteiger partial charge is 0.551 e. The van der Waals surface area contributed by atoms with E-state index < -0.39 is 13.9 Å². The molecule has 1 aromatic carbocycles. The van der Waals surface area contributed by atoms with E-state index in [1.165, 1.54) is 7.11 Å². The van der Waals surface area contributed by atoms with Crippen LogP contribution in [0.2, 0.25) is 5.02 Å². The van der Waals surface area contributed by atoms with Crippen LogP contribution in [0.3, 0.4) is 0 Å². The van der Waals surface area contributed by atoms with Gasteiger partial charge in [0.05, 0.1) is 18.0 Å². The molecule has 1 unspecified atom stereocenters. The summed E-state index contributed by atoms with van der Waals surface area (Å²) < 4.78 is 16.8. The molecular weight excluding hydrogens is 275 g/mol. The summed E-state index contributed by atoms with van der Waals surface area (Å²) in [5.41, 5.74) is 6.75. The first kappa shape index (κ1) is 13.0. The van der Waals surface area contributed by atoms with Gasteiger partial charge in [-0.25, -0.2) is 0 Å². The maximum atomic E-state index is 11.9. The van der Waals surface area contributed by atoms with Crippen LogP contribution in [-0.2, 0) is 9.09 Å². The van der Waals surface area contributed by atoms with Crippen LogP contribution in [0.4, 0.5) is 0 Å². The average Bonchev–Trinajstić information content (AvgIpc) is 2.73. The number of carbonyl (C=O) groups is 1. The van der Waals surface area contributed by atoms with E-state index >= 15 is 0 Å². The Morgan fingerprint density at radius 3 is 2.72 bits per heavy atom. The Bertz CT molecular complexity index is 666. The molecule has 0 bridgehead atoms. The predicted octanol–water partition coefficient (Wildman–Crippen LogP) is 2.24. The number of aryl methyl sites for hydroxylation is 1. The fraction of sp³-hybridized carbons (Fsp3) is 0.182. The number of nitrogens with one attached hydrogen (secondary N) is 1. The van der Waals surface area contributed by atoms with Gasteiger partial charge in [0.1, 0.15) is 0 Å². The first-order chi connectivity index (χ1) is 8.47. The van der Waals surface area contributed by atoms with Crippen molar-refractivity contribution in [2.24, 2.45) is 5.73 Å². The van der Waals surface area contributed by atoms with Crippen LogP contribution in [0.15, 0.2) is 12.1 Å². The van der Waals surface area contributed by atoms with E-state index in [9.17, 15) is 9.36 Å². The normalized spacial score (nSPS) is 11.8. The molecule has 0 saturated carbocycles. The lowest BCUT2D eigenvalue weighted by molar-refractivity contribution is 0.0997. The zero-order valence-corrected chi connectivity index (χ0v) is 11.4. The number of hydrogen-bond donors (Lipinski definition) is 2. The number of rotatable bonds is 3. The number of hydrogen-bond acceptors (Lipinski definition) is 3. The van der Waals surface area contributed by atoms with Gasteiger partial charge in [-0.2, -0.15) is 0 Å². The molecule has 0 radical (unpaired) electrons. The molecule has 0 saturated heterocycles. The van der Waals surface area contributed by atoms with Gasteiger partial charge < -0.3 is 10.7 Å². The second-order valence-corrected chi connectivity index (χ2v) is 5.48. The number of primary amides is 1. The Morgan fingerprint density at radius 1 is 1.50 bits per heavy atom. The monoisotopic (exact) mass is 285 g/mol. The summed E-state index contributed by atoms with van der Waals surface area (Å²) >= 11 is 6.03. The molecule has 1 heterocycles. The van der Waals surface area contributed by atoms with Gasteiger partial charge in [0.25, 0.3) is 11.2 Å². The first-order valence-corrected chi connectivity index (χ1v) is 6.64. The maximum absolute atomic E-state index is 11.9. The number of aromatic nitrogens is 1. The predicted molar refractivity (Wildman–Crippen MR) is 70.8 cm³/mol. The molecule has 7 heteroatoms. The number of amides is 1. The van der Waals surface area contributed by atoms with Gasteiger partial charge in [-0.1, -0.05) is 11.6 Å². The van der Waals surface area contributed by atoms with Crippen molar-refractivity contribution in [3.05, 3.63) is 28.4 Å². The number of aromatic amines is 1. The Balaban J connectivity index is 2.92. The third kappa shape index (κ3) is 1.90. The Kier molecular flexibility index (Phi) is 3.39. The van der Waals surface area contributed by atoms with Crippen molar-refractivity contribution in [3.63, 3.8) is 0 Å². The molecule has 1 amide bonds. The Hall–Kier alpha value is -1.42. The van der Waals surface area contributed by atoms with Crippen LogP contribution in [0, 0.1) is 6.92 Å². The molecule has 94 valence electrons. The van der Waals surface area contributed by atoms with Crippen LogP contribution >= 0.6 is 19.6 Å². The number of halogens is 1. The summed E-state index contributed by atoms with van der Waals surface area (Å²) in [6.07, 6.45) is 0. The van der Waals surface area contributed by atoms with Gasteiger partial charge in [0, 0.05) is 5.02 Å². The summed E-state index contributed by atoms with van der Waals surface area (Å²) in [6.45, 7) is 1.78. The minimum Gasteiger partial charge on any atom is -0.364 e. The summed E-state index contributed by atoms with van der Waals surface area (Å²) in [6, 6.07) is 3.41. The van der Waals surface area contributed by atoms with E-state index in [2.05, 4.69) is 4.98 Å². The smallest absolute Gasteiger partial charge is 0.364 e. The van der Waals surface area contributed by atoms with Crippen LogP contribution in [-0.4, -0.2) is 18.0 Å². The highest BCUT2D eigenvalue weighted by atomic mass is 35.5. The van der Waals surface area contributed by atoms with E-state index in [0.29, 0.717) is 15.9 Å². The van der Waals surface area contributed by atoms with Crippen molar-refractivity contribution in [3.8, 4) is 0 Å². The topological polar surface area (TPSA) is 85.2 Å². The van der Waals surface area contributed by atoms with Gasteiger partial charge in [-0.3, -0.25) is 4.79 Å². The van der Waals surface area contributed by atoms with Crippen molar-refractivity contribution in [1.82, 2.24) is 4.98 Å². The fourth-order valence-electron chi connectivity index (χ4n) is 1.87. The number of benzene rings is 1. The molecule has 18 heavy (non-hydrogen) atoms. The van der Waals surface area contributed by atoms with Gasteiger partial charge in [-0.15, -0.1) is 4.52 Å². The van der Waals surface area contributed by atoms with Crippen LogP contribution in [0.1, 0.15) is 16.1 Å². The van der Waals surface area contributed by atoms with Crippen molar-refractivity contribution in [1.29, 1.82) is 0 Å². The van der Waals surface area contributed by atoms with E-state index in [1.807, 2.05) is 0 Å². The van der Waals surface area contributed by atoms with Crippen molar-refractivity contribution in [2.75, 3.05) is 7.11 Å². The van der Waals surface area contributed by atoms with Crippen molar-refractivity contribution >= 4 is 41.7 Å². The molecule has 5 nitrogen and oxygen atoms in total. The van der Waals surface area contributed by atoms with E-state index in [-0.39, 0.29) is 11.0 Å². The summed E-state index contributed by atoms with van der Waals surface area (Å²) in [5.74, 6) is -0.683. The Labute approximate surface area is 109 Å². The number of H-pyrrole nitrogens is 1. The lowest BCUT2D eigenvalue weighted by atomic mass is 10.1. The second kappa shape index (κ2) is 4.69. The van der Waals surface area contributed by atoms with E-state index in [0.717, 1.165) is 5.56 Å². The molecule has 3 N–H and O–H groups in total. The van der Waals surface area contributed by atoms with Gasteiger partial charge >= 0.3 is 8.03 Å². The molecule has 2 aromatic rings. The summed E-state index contributed by atoms with van der Waals surface area (Å²) in [7, 11) is -0.851. The van der Waals surface area contributed by atoms with Crippen LogP contribution in [0.25, 0.3) is 10.9 Å². The maximum Gasteiger partial charge on any atom is 0.551 e. The third-order valence-electron chi connectivity index (χ3n) is 2.73.